The molecule has 0 bridgehead atoms. The van der Waals surface area contributed by atoms with E-state index in [1.54, 1.807) is 18.3 Å². The molecule has 2 atom stereocenters. The molecule has 2 amide bonds. The van der Waals surface area contributed by atoms with Crippen LogP contribution in [-0.4, -0.2) is 22.6 Å². The molecule has 0 spiro atoms. The molecule has 4 aromatic rings. The van der Waals surface area contributed by atoms with E-state index < -0.39 is 11.8 Å². The minimum atomic E-state index is -0.728. The maximum Gasteiger partial charge on any atom is 0.254 e. The van der Waals surface area contributed by atoms with Gasteiger partial charge >= 0.3 is 0 Å². The van der Waals surface area contributed by atoms with Gasteiger partial charge in [-0.1, -0.05) is 79.3 Å². The van der Waals surface area contributed by atoms with E-state index in [-0.39, 0.29) is 17.6 Å². The van der Waals surface area contributed by atoms with Gasteiger partial charge in [0.1, 0.15) is 5.92 Å². The lowest BCUT2D eigenvalue weighted by Gasteiger charge is -2.29. The van der Waals surface area contributed by atoms with Gasteiger partial charge in [-0.15, -0.1) is 11.3 Å². The summed E-state index contributed by atoms with van der Waals surface area (Å²) in [5, 5.41) is 16.9. The van der Waals surface area contributed by atoms with Gasteiger partial charge in [-0.25, -0.2) is 4.99 Å². The average Bonchev–Trinajstić information content (AvgIpc) is 3.51. The minimum absolute atomic E-state index is 0.0959. The predicted molar refractivity (Wildman–Crippen MR) is 174 cm³/mol. The van der Waals surface area contributed by atoms with Crippen LogP contribution in [0, 0.1) is 17.2 Å². The second-order valence-electron chi connectivity index (χ2n) is 9.81. The third-order valence-electron chi connectivity index (χ3n) is 6.96. The Morgan fingerprint density at radius 2 is 1.64 bits per heavy atom. The van der Waals surface area contributed by atoms with E-state index in [9.17, 15) is 14.9 Å². The van der Waals surface area contributed by atoms with Crippen LogP contribution in [0.3, 0.4) is 0 Å². The molecular formula is C34H30N4O2S2. The van der Waals surface area contributed by atoms with Gasteiger partial charge in [0.25, 0.3) is 5.91 Å². The van der Waals surface area contributed by atoms with Gasteiger partial charge in [-0.2, -0.15) is 5.26 Å². The lowest BCUT2D eigenvalue weighted by molar-refractivity contribution is -0.114. The van der Waals surface area contributed by atoms with Gasteiger partial charge < -0.3 is 10.6 Å². The maximum absolute atomic E-state index is 13.7. The molecule has 0 radical (unpaired) electrons. The smallest absolute Gasteiger partial charge is 0.254 e. The number of thioether (sulfide) groups is 1. The summed E-state index contributed by atoms with van der Waals surface area (Å²) >= 11 is 2.81. The molecule has 3 aromatic carbocycles. The molecule has 5 rings (SSSR count). The third-order valence-corrected chi connectivity index (χ3v) is 9.22. The minimum Gasteiger partial charge on any atom is -0.325 e. The molecule has 42 heavy (non-hydrogen) atoms. The fraction of sp³-hybridized carbons (Fsp3) is 0.176. The second-order valence-corrected chi connectivity index (χ2v) is 11.9. The molecule has 0 fully saturated rings. The fourth-order valence-electron chi connectivity index (χ4n) is 4.90. The molecule has 2 N–H and O–H groups in total. The number of carbonyl (C=O) groups excluding carboxylic acids is 2. The third kappa shape index (κ3) is 6.71. The quantitative estimate of drug-likeness (QED) is 0.218. The highest BCUT2D eigenvalue weighted by Crippen LogP contribution is 2.45. The monoisotopic (exact) mass is 590 g/mol. The van der Waals surface area contributed by atoms with Crippen molar-refractivity contribution >= 4 is 51.3 Å². The number of anilines is 2. The Labute approximate surface area is 254 Å². The van der Waals surface area contributed by atoms with Crippen molar-refractivity contribution in [1.82, 2.24) is 0 Å². The van der Waals surface area contributed by atoms with Gasteiger partial charge in [-0.3, -0.25) is 9.59 Å². The number of allylic oxidation sites excluding steroid dienone is 1. The van der Waals surface area contributed by atoms with E-state index in [0.29, 0.717) is 22.0 Å². The molecule has 1 aliphatic rings. The zero-order chi connectivity index (χ0) is 29.5. The summed E-state index contributed by atoms with van der Waals surface area (Å²) in [6.07, 6.45) is 0.876. The number of nitrogens with one attached hydrogen (secondary N) is 2. The second kappa shape index (κ2) is 13.5. The number of aliphatic imine (C=N–C) groups is 1. The number of para-hydroxylation sites is 1. The van der Waals surface area contributed by atoms with Crippen LogP contribution < -0.4 is 10.6 Å². The normalized spacial score (nSPS) is 16.4. The van der Waals surface area contributed by atoms with Gasteiger partial charge in [-0.05, 0) is 60.9 Å². The van der Waals surface area contributed by atoms with Crippen molar-refractivity contribution in [3.05, 3.63) is 119 Å². The number of amides is 2. The predicted octanol–water partition coefficient (Wildman–Crippen LogP) is 7.90. The Morgan fingerprint density at radius 1 is 0.929 bits per heavy atom. The summed E-state index contributed by atoms with van der Waals surface area (Å²) in [7, 11) is 0. The highest BCUT2D eigenvalue weighted by atomic mass is 32.2. The Kier molecular flexibility index (Phi) is 9.32. The first kappa shape index (κ1) is 29.1. The van der Waals surface area contributed by atoms with Gasteiger partial charge in [0, 0.05) is 38.3 Å². The number of benzene rings is 3. The first-order valence-electron chi connectivity index (χ1n) is 13.7. The molecule has 2 heterocycles. The van der Waals surface area contributed by atoms with Crippen LogP contribution in [0.25, 0.3) is 10.4 Å². The summed E-state index contributed by atoms with van der Waals surface area (Å²) in [6, 6.07) is 33.5. The average molecular weight is 591 g/mol. The van der Waals surface area contributed by atoms with Crippen molar-refractivity contribution < 1.29 is 9.59 Å². The SMILES string of the molecule is CCc1cccc(NC(=O)CSC2=NC(C)=C(C(=O)Nc3ccccc3)C(c3ccc(-c4ccccc4)s3)C2C#N)c1. The van der Waals surface area contributed by atoms with E-state index in [4.69, 9.17) is 4.99 Å². The number of carbonyl (C=O) groups is 2. The molecule has 0 aliphatic carbocycles. The van der Waals surface area contributed by atoms with Crippen LogP contribution in [-0.2, 0) is 16.0 Å². The van der Waals surface area contributed by atoms with Crippen molar-refractivity contribution in [1.29, 1.82) is 5.26 Å². The summed E-state index contributed by atoms with van der Waals surface area (Å²) in [4.78, 5) is 33.3. The number of nitriles is 1. The first-order chi connectivity index (χ1) is 20.5. The number of hydrogen-bond donors (Lipinski definition) is 2. The van der Waals surface area contributed by atoms with Gasteiger partial charge in [0.05, 0.1) is 16.9 Å². The van der Waals surface area contributed by atoms with Crippen LogP contribution in [0.4, 0.5) is 11.4 Å². The number of thiophene rings is 1. The van der Waals surface area contributed by atoms with Crippen molar-refractivity contribution in [2.45, 2.75) is 26.2 Å². The largest absolute Gasteiger partial charge is 0.325 e. The van der Waals surface area contributed by atoms with E-state index in [0.717, 1.165) is 33.0 Å². The van der Waals surface area contributed by atoms with Crippen LogP contribution in [0.5, 0.6) is 0 Å². The van der Waals surface area contributed by atoms with Crippen LogP contribution in [0.2, 0.25) is 0 Å². The van der Waals surface area contributed by atoms with E-state index in [1.165, 1.54) is 11.8 Å². The van der Waals surface area contributed by atoms with E-state index in [1.807, 2.05) is 97.1 Å². The first-order valence-corrected chi connectivity index (χ1v) is 15.5. The molecule has 210 valence electrons. The lowest BCUT2D eigenvalue weighted by atomic mass is 9.82. The van der Waals surface area contributed by atoms with Crippen molar-refractivity contribution in [3.63, 3.8) is 0 Å². The zero-order valence-corrected chi connectivity index (χ0v) is 25.0. The Balaban J connectivity index is 1.45. The number of rotatable bonds is 8. The lowest BCUT2D eigenvalue weighted by Crippen LogP contribution is -2.31. The van der Waals surface area contributed by atoms with Crippen LogP contribution in [0.1, 0.15) is 30.2 Å². The van der Waals surface area contributed by atoms with Gasteiger partial charge in [0.2, 0.25) is 5.91 Å². The highest BCUT2D eigenvalue weighted by molar-refractivity contribution is 8.14. The van der Waals surface area contributed by atoms with E-state index >= 15 is 0 Å². The number of aryl methyl sites for hydroxylation is 1. The number of nitrogens with zero attached hydrogens (tertiary/aromatic N) is 2. The highest BCUT2D eigenvalue weighted by Gasteiger charge is 2.40. The summed E-state index contributed by atoms with van der Waals surface area (Å²) in [5.41, 5.74) is 4.60. The molecule has 8 heteroatoms. The molecule has 6 nitrogen and oxygen atoms in total. The summed E-state index contributed by atoms with van der Waals surface area (Å²) in [5.74, 6) is -1.64. The standard InChI is InChI=1S/C34H30N4O2S2/c1-3-23-11-10-16-26(19-23)37-30(39)21-41-34-27(20-35)32(29-18-17-28(42-29)24-12-6-4-7-13-24)31(22(2)36-34)33(40)38-25-14-8-5-9-15-25/h4-19,27,32H,3,21H2,1-2H3,(H,37,39)(H,38,40). The van der Waals surface area contributed by atoms with Crippen molar-refractivity contribution in [3.8, 4) is 16.5 Å². The van der Waals surface area contributed by atoms with Crippen LogP contribution >= 0.6 is 23.1 Å². The van der Waals surface area contributed by atoms with Crippen molar-refractivity contribution in [2.24, 2.45) is 10.9 Å². The van der Waals surface area contributed by atoms with Crippen molar-refractivity contribution in [2.75, 3.05) is 16.4 Å². The maximum atomic E-state index is 13.7. The molecule has 1 aromatic heterocycles. The van der Waals surface area contributed by atoms with Gasteiger partial charge in [0.15, 0.2) is 0 Å². The molecule has 0 saturated heterocycles. The summed E-state index contributed by atoms with van der Waals surface area (Å²) < 4.78 is 0. The molecular weight excluding hydrogens is 561 g/mol. The Hall–Kier alpha value is -4.45. The zero-order valence-electron chi connectivity index (χ0n) is 23.3. The molecule has 1 aliphatic heterocycles. The Bertz CT molecular complexity index is 1690. The van der Waals surface area contributed by atoms with E-state index in [2.05, 4.69) is 23.6 Å². The molecule has 2 unspecified atom stereocenters. The number of hydrogen-bond acceptors (Lipinski definition) is 6. The molecule has 0 saturated carbocycles. The summed E-state index contributed by atoms with van der Waals surface area (Å²) in [6.45, 7) is 3.86. The van der Waals surface area contributed by atoms with Crippen LogP contribution in [0.15, 0.2) is 113 Å². The Morgan fingerprint density at radius 3 is 2.36 bits per heavy atom. The topological polar surface area (TPSA) is 94.3 Å². The fourth-order valence-corrected chi connectivity index (χ4v) is 6.98.